The Morgan fingerprint density at radius 3 is 2.33 bits per heavy atom. The zero-order valence-corrected chi connectivity index (χ0v) is 7.99. The molecule has 1 atom stereocenters. The van der Waals surface area contributed by atoms with Crippen molar-refractivity contribution in [2.24, 2.45) is 0 Å². The van der Waals surface area contributed by atoms with Gasteiger partial charge < -0.3 is 9.90 Å². The zero-order valence-electron chi connectivity index (χ0n) is 6.99. The van der Waals surface area contributed by atoms with Crippen LogP contribution in [0.4, 0.5) is 0 Å². The van der Waals surface area contributed by atoms with E-state index in [1.54, 1.807) is 12.1 Å². The molecule has 2 nitrogen and oxygen atoms in total. The van der Waals surface area contributed by atoms with Gasteiger partial charge in [-0.05, 0) is 24.1 Å². The first-order valence-corrected chi connectivity index (χ1v) is 4.99. The topological polar surface area (TPSA) is 40.5 Å². The molecular formula is C9H12O2Si. The van der Waals surface area contributed by atoms with Crippen LogP contribution in [-0.4, -0.2) is 19.7 Å². The molecule has 12 heavy (non-hydrogen) atoms. The van der Waals surface area contributed by atoms with Crippen LogP contribution in [0.1, 0.15) is 24.4 Å². The Morgan fingerprint density at radius 2 is 1.92 bits per heavy atom. The minimum atomic E-state index is -0.0585. The molecule has 0 spiro atoms. The molecule has 0 fully saturated rings. The molecule has 0 aliphatic rings. The molecule has 0 aliphatic carbocycles. The summed E-state index contributed by atoms with van der Waals surface area (Å²) >= 11 is 0. The van der Waals surface area contributed by atoms with Crippen molar-refractivity contribution in [3.63, 3.8) is 0 Å². The Kier molecular flexibility index (Phi) is 3.31. The molecule has 0 bridgehead atoms. The number of phenolic OH excluding ortho intramolecular Hbond substituents is 1. The van der Waals surface area contributed by atoms with E-state index in [-0.39, 0.29) is 21.1 Å². The summed E-state index contributed by atoms with van der Waals surface area (Å²) in [6.07, 6.45) is 0.930. The molecule has 1 unspecified atom stereocenters. The van der Waals surface area contributed by atoms with Crippen molar-refractivity contribution in [2.75, 3.05) is 0 Å². The van der Waals surface area contributed by atoms with E-state index < -0.39 is 0 Å². The van der Waals surface area contributed by atoms with Crippen LogP contribution in [-0.2, 0) is 0 Å². The maximum Gasteiger partial charge on any atom is 0.232 e. The molecule has 64 valence electrons. The summed E-state index contributed by atoms with van der Waals surface area (Å²) in [5.74, 6) is 0.273. The lowest BCUT2D eigenvalue weighted by Gasteiger charge is -2.09. The average molecular weight is 180 g/mol. The Hall–Kier alpha value is -0.803. The third kappa shape index (κ3) is 2.09. The van der Waals surface area contributed by atoms with Crippen LogP contribution < -0.4 is 0 Å². The fourth-order valence-electron chi connectivity index (χ4n) is 1.11. The summed E-state index contributed by atoms with van der Waals surface area (Å²) in [6.45, 7) is 2.04. The van der Waals surface area contributed by atoms with Gasteiger partial charge in [0.15, 0.2) is 0 Å². The molecule has 1 aromatic carbocycles. The number of hydrogen-bond acceptors (Lipinski definition) is 2. The molecule has 2 radical (unpaired) electrons. The molecule has 0 saturated carbocycles. The molecule has 0 amide bonds. The number of rotatable bonds is 3. The molecular weight excluding hydrogens is 168 g/mol. The quantitative estimate of drug-likeness (QED) is 0.691. The second kappa shape index (κ2) is 4.28. The highest BCUT2D eigenvalue weighted by Crippen LogP contribution is 2.19. The van der Waals surface area contributed by atoms with Gasteiger partial charge in [0.1, 0.15) is 5.75 Å². The van der Waals surface area contributed by atoms with Gasteiger partial charge in [-0.25, -0.2) is 0 Å². The molecule has 0 saturated heterocycles. The smallest absolute Gasteiger partial charge is 0.232 e. The van der Waals surface area contributed by atoms with E-state index in [9.17, 15) is 0 Å². The highest BCUT2D eigenvalue weighted by Gasteiger charge is 2.08. The van der Waals surface area contributed by atoms with Gasteiger partial charge in [-0.3, -0.25) is 0 Å². The van der Waals surface area contributed by atoms with Crippen molar-refractivity contribution >= 4 is 9.76 Å². The van der Waals surface area contributed by atoms with Crippen LogP contribution >= 0.6 is 0 Å². The lowest BCUT2D eigenvalue weighted by Crippen LogP contribution is -2.05. The molecule has 1 rings (SSSR count). The third-order valence-electron chi connectivity index (χ3n) is 1.86. The minimum absolute atomic E-state index is 0.0585. The summed E-state index contributed by atoms with van der Waals surface area (Å²) < 4.78 is 0. The fraction of sp³-hybridized carbons (Fsp3) is 0.333. The van der Waals surface area contributed by atoms with Crippen molar-refractivity contribution in [3.05, 3.63) is 29.8 Å². The first-order valence-electron chi connectivity index (χ1n) is 3.96. The van der Waals surface area contributed by atoms with Gasteiger partial charge >= 0.3 is 0 Å². The molecule has 0 heterocycles. The predicted molar refractivity (Wildman–Crippen MR) is 49.1 cm³/mol. The summed E-state index contributed by atoms with van der Waals surface area (Å²) in [6, 6.07) is 7.01. The Bertz CT molecular complexity index is 229. The summed E-state index contributed by atoms with van der Waals surface area (Å²) in [5, 5.41) is 9.02. The maximum atomic E-state index is 9.02. The van der Waals surface area contributed by atoms with Crippen molar-refractivity contribution in [2.45, 2.75) is 18.9 Å². The molecule has 2 N–H and O–H groups in total. The van der Waals surface area contributed by atoms with Crippen LogP contribution in [0.15, 0.2) is 24.3 Å². The Morgan fingerprint density at radius 1 is 1.33 bits per heavy atom. The van der Waals surface area contributed by atoms with Crippen molar-refractivity contribution in [1.82, 2.24) is 0 Å². The van der Waals surface area contributed by atoms with E-state index in [0.29, 0.717) is 0 Å². The van der Waals surface area contributed by atoms with E-state index in [1.807, 2.05) is 19.1 Å². The van der Waals surface area contributed by atoms with E-state index >= 15 is 0 Å². The van der Waals surface area contributed by atoms with Crippen LogP contribution in [0.25, 0.3) is 0 Å². The average Bonchev–Trinajstić information content (AvgIpc) is 2.10. The number of benzene rings is 1. The van der Waals surface area contributed by atoms with E-state index in [0.717, 1.165) is 12.0 Å². The van der Waals surface area contributed by atoms with Crippen molar-refractivity contribution < 1.29 is 9.90 Å². The normalized spacial score (nSPS) is 12.8. The lowest BCUT2D eigenvalue weighted by molar-refractivity contribution is 0.475. The first kappa shape index (κ1) is 9.29. The molecule has 3 heteroatoms. The summed E-state index contributed by atoms with van der Waals surface area (Å²) in [7, 11) is -0.0585. The Labute approximate surface area is 74.8 Å². The summed E-state index contributed by atoms with van der Waals surface area (Å²) in [5.41, 5.74) is 1.32. The highest BCUT2D eigenvalue weighted by molar-refractivity contribution is 6.28. The van der Waals surface area contributed by atoms with E-state index in [1.165, 1.54) is 0 Å². The Balaban J connectivity index is 2.80. The van der Waals surface area contributed by atoms with Crippen molar-refractivity contribution in [3.8, 4) is 5.75 Å². The lowest BCUT2D eigenvalue weighted by atomic mass is 10.1. The largest absolute Gasteiger partial charge is 0.508 e. The van der Waals surface area contributed by atoms with Gasteiger partial charge in [0, 0.05) is 5.54 Å². The van der Waals surface area contributed by atoms with Gasteiger partial charge in [0.2, 0.25) is 9.76 Å². The molecule has 1 aromatic rings. The van der Waals surface area contributed by atoms with Gasteiger partial charge in [0.25, 0.3) is 0 Å². The van der Waals surface area contributed by atoms with Gasteiger partial charge in [-0.2, -0.15) is 0 Å². The number of aromatic hydroxyl groups is 1. The SMILES string of the molecule is CCC([Si]O)c1ccc(O)cc1. The summed E-state index contributed by atoms with van der Waals surface area (Å²) in [4.78, 5) is 9.01. The minimum Gasteiger partial charge on any atom is -0.508 e. The fourth-order valence-corrected chi connectivity index (χ4v) is 1.63. The van der Waals surface area contributed by atoms with Crippen LogP contribution in [0, 0.1) is 0 Å². The predicted octanol–water partition coefficient (Wildman–Crippen LogP) is 1.45. The maximum absolute atomic E-state index is 9.02. The van der Waals surface area contributed by atoms with Gasteiger partial charge in [-0.15, -0.1) is 0 Å². The van der Waals surface area contributed by atoms with E-state index in [2.05, 4.69) is 0 Å². The van der Waals surface area contributed by atoms with E-state index in [4.69, 9.17) is 9.90 Å². The zero-order chi connectivity index (χ0) is 8.97. The number of phenols is 1. The second-order valence-corrected chi connectivity index (χ2v) is 3.64. The van der Waals surface area contributed by atoms with Crippen LogP contribution in [0.3, 0.4) is 0 Å². The second-order valence-electron chi connectivity index (χ2n) is 2.68. The monoisotopic (exact) mass is 180 g/mol. The third-order valence-corrected chi connectivity index (χ3v) is 2.91. The number of hydrogen-bond donors (Lipinski definition) is 2. The standard InChI is InChI=1S/C9H12O2Si/c1-2-9(12-11)7-3-5-8(10)6-4-7/h3-6,9-11H,2H2,1H3. The first-order chi connectivity index (χ1) is 5.77. The van der Waals surface area contributed by atoms with Crippen LogP contribution in [0.5, 0.6) is 5.75 Å². The van der Waals surface area contributed by atoms with Crippen LogP contribution in [0.2, 0.25) is 0 Å². The van der Waals surface area contributed by atoms with Gasteiger partial charge in [0.05, 0.1) is 0 Å². The van der Waals surface area contributed by atoms with Gasteiger partial charge in [-0.1, -0.05) is 19.1 Å². The molecule has 0 aliphatic heterocycles. The molecule has 0 aromatic heterocycles. The van der Waals surface area contributed by atoms with Crippen molar-refractivity contribution in [1.29, 1.82) is 0 Å². The highest BCUT2D eigenvalue weighted by atomic mass is 28.2.